The quantitative estimate of drug-likeness (QED) is 0.262. The van der Waals surface area contributed by atoms with Crippen LogP contribution in [-0.2, 0) is 16.1 Å². The number of nitrogens with zero attached hydrogens (tertiary/aromatic N) is 2. The van der Waals surface area contributed by atoms with Crippen LogP contribution in [0, 0.1) is 38.0 Å². The van der Waals surface area contributed by atoms with Crippen molar-refractivity contribution in [2.24, 2.45) is 5.92 Å². The molecule has 0 N–H and O–H groups in total. The van der Waals surface area contributed by atoms with Gasteiger partial charge in [0.25, 0.3) is 0 Å². The molecule has 0 saturated heterocycles. The van der Waals surface area contributed by atoms with Crippen molar-refractivity contribution in [3.63, 3.8) is 0 Å². The van der Waals surface area contributed by atoms with E-state index in [1.807, 2.05) is 45.0 Å². The Morgan fingerprint density at radius 1 is 1.13 bits per heavy atom. The molecular weight excluding hydrogens is 376 g/mol. The van der Waals surface area contributed by atoms with Gasteiger partial charge >= 0.3 is 5.97 Å². The Balaban J connectivity index is 2.17. The molecule has 30 heavy (non-hydrogen) atoms. The van der Waals surface area contributed by atoms with Crippen molar-refractivity contribution < 1.29 is 14.3 Å². The lowest BCUT2D eigenvalue weighted by Gasteiger charge is -2.12. The summed E-state index contributed by atoms with van der Waals surface area (Å²) in [4.78, 5) is 25.0. The van der Waals surface area contributed by atoms with Crippen LogP contribution in [0.3, 0.4) is 0 Å². The van der Waals surface area contributed by atoms with E-state index in [-0.39, 0.29) is 11.4 Å². The molecular formula is C25H30N2O3. The lowest BCUT2D eigenvalue weighted by atomic mass is 10.1. The summed E-state index contributed by atoms with van der Waals surface area (Å²) in [6.07, 6.45) is 1.61. The second-order valence-electron chi connectivity index (χ2n) is 8.11. The van der Waals surface area contributed by atoms with Gasteiger partial charge in [-0.25, -0.2) is 4.79 Å². The lowest BCUT2D eigenvalue weighted by Crippen LogP contribution is -2.25. The Kier molecular flexibility index (Phi) is 7.77. The summed E-state index contributed by atoms with van der Waals surface area (Å²) in [7, 11) is 0. The number of aromatic nitrogens is 1. The number of nitriles is 1. The van der Waals surface area contributed by atoms with Crippen LogP contribution >= 0.6 is 0 Å². The minimum Gasteiger partial charge on any atom is -0.450 e. The highest BCUT2D eigenvalue weighted by atomic mass is 16.5. The molecule has 0 aliphatic carbocycles. The summed E-state index contributed by atoms with van der Waals surface area (Å²) in [5.41, 5.74) is 4.27. The largest absolute Gasteiger partial charge is 0.450 e. The van der Waals surface area contributed by atoms with Gasteiger partial charge in [0.05, 0.1) is 0 Å². The van der Waals surface area contributed by atoms with Gasteiger partial charge in [-0.05, 0) is 57.7 Å². The van der Waals surface area contributed by atoms with Crippen LogP contribution < -0.4 is 0 Å². The number of benzene rings is 1. The molecule has 1 aromatic heterocycles. The van der Waals surface area contributed by atoms with E-state index in [9.17, 15) is 14.9 Å². The van der Waals surface area contributed by atoms with Crippen LogP contribution in [0.5, 0.6) is 0 Å². The maximum atomic E-state index is 12.5. The van der Waals surface area contributed by atoms with Gasteiger partial charge in [0.2, 0.25) is 5.78 Å². The first kappa shape index (κ1) is 23.2. The highest BCUT2D eigenvalue weighted by Crippen LogP contribution is 2.20. The highest BCUT2D eigenvalue weighted by molar-refractivity contribution is 6.03. The van der Waals surface area contributed by atoms with Crippen molar-refractivity contribution in [2.45, 2.75) is 60.6 Å². The molecule has 0 bridgehead atoms. The van der Waals surface area contributed by atoms with Crippen molar-refractivity contribution in [3.05, 3.63) is 64.0 Å². The zero-order chi connectivity index (χ0) is 22.4. The third-order valence-corrected chi connectivity index (χ3v) is 5.17. The molecule has 2 rings (SSSR count). The molecule has 0 radical (unpaired) electrons. The van der Waals surface area contributed by atoms with Gasteiger partial charge < -0.3 is 9.30 Å². The number of esters is 1. The van der Waals surface area contributed by atoms with Gasteiger partial charge in [0, 0.05) is 23.5 Å². The Hall–Kier alpha value is -3.13. The normalized spacial score (nSPS) is 12.5. The number of carbonyl (C=O) groups is 2. The standard InChI is InChI=1S/C25H30N2O3/c1-16(2)11-12-27-18(4)13-22(19(27)5)14-23(15-26)25(29)30-20(6)24(28)21-9-7-17(3)8-10-21/h7-10,13-14,16,20H,11-12H2,1-6H3/b23-14+/t20-/m0/s1. The van der Waals surface area contributed by atoms with Crippen LogP contribution in [0.2, 0.25) is 0 Å². The fourth-order valence-corrected chi connectivity index (χ4v) is 3.23. The topological polar surface area (TPSA) is 72.1 Å². The summed E-state index contributed by atoms with van der Waals surface area (Å²) in [6.45, 7) is 12.7. The third kappa shape index (κ3) is 5.70. The van der Waals surface area contributed by atoms with Gasteiger partial charge in [-0.1, -0.05) is 43.7 Å². The molecule has 0 spiro atoms. The van der Waals surface area contributed by atoms with Gasteiger partial charge in [0.15, 0.2) is 6.10 Å². The molecule has 0 aliphatic rings. The predicted octanol–water partition coefficient (Wildman–Crippen LogP) is 5.18. The fraction of sp³-hybridized carbons (Fsp3) is 0.400. The maximum Gasteiger partial charge on any atom is 0.349 e. The predicted molar refractivity (Wildman–Crippen MR) is 118 cm³/mol. The van der Waals surface area contributed by atoms with E-state index in [0.717, 1.165) is 35.5 Å². The SMILES string of the molecule is Cc1ccc(C(=O)[C@H](C)OC(=O)/C(C#N)=C/c2cc(C)n(CCC(C)C)c2C)cc1. The van der Waals surface area contributed by atoms with E-state index in [1.54, 1.807) is 18.2 Å². The summed E-state index contributed by atoms with van der Waals surface area (Å²) in [5, 5.41) is 9.49. The zero-order valence-electron chi connectivity index (χ0n) is 18.7. The third-order valence-electron chi connectivity index (χ3n) is 5.17. The molecule has 0 fully saturated rings. The molecule has 2 aromatic rings. The average molecular weight is 407 g/mol. The summed E-state index contributed by atoms with van der Waals surface area (Å²) < 4.78 is 7.48. The number of hydrogen-bond donors (Lipinski definition) is 0. The van der Waals surface area contributed by atoms with Crippen molar-refractivity contribution in [3.8, 4) is 6.07 Å². The maximum absolute atomic E-state index is 12.5. The number of rotatable bonds is 8. The molecule has 1 heterocycles. The summed E-state index contributed by atoms with van der Waals surface area (Å²) in [5.74, 6) is -0.507. The highest BCUT2D eigenvalue weighted by Gasteiger charge is 2.22. The number of hydrogen-bond acceptors (Lipinski definition) is 4. The van der Waals surface area contributed by atoms with Gasteiger partial charge in [-0.2, -0.15) is 5.26 Å². The number of ether oxygens (including phenoxy) is 1. The molecule has 0 unspecified atom stereocenters. The summed E-state index contributed by atoms with van der Waals surface area (Å²) >= 11 is 0. The fourth-order valence-electron chi connectivity index (χ4n) is 3.23. The van der Waals surface area contributed by atoms with Gasteiger partial charge in [0.1, 0.15) is 11.6 Å². The second-order valence-corrected chi connectivity index (χ2v) is 8.11. The van der Waals surface area contributed by atoms with E-state index in [0.29, 0.717) is 11.5 Å². The Morgan fingerprint density at radius 3 is 2.33 bits per heavy atom. The lowest BCUT2D eigenvalue weighted by molar-refractivity contribution is -0.141. The first-order valence-corrected chi connectivity index (χ1v) is 10.2. The van der Waals surface area contributed by atoms with Crippen LogP contribution in [-0.4, -0.2) is 22.4 Å². The number of ketones is 1. The minimum absolute atomic E-state index is 0.123. The second kappa shape index (κ2) is 10.1. The molecule has 1 atom stereocenters. The van der Waals surface area contributed by atoms with E-state index in [4.69, 9.17) is 4.74 Å². The van der Waals surface area contributed by atoms with Crippen molar-refractivity contribution in [1.29, 1.82) is 5.26 Å². The minimum atomic E-state index is -0.976. The Bertz CT molecular complexity index is 989. The van der Waals surface area contributed by atoms with Crippen LogP contribution in [0.4, 0.5) is 0 Å². The molecule has 0 saturated carbocycles. The number of Topliss-reactive ketones (excluding diaryl/α,β-unsaturated/α-hetero) is 1. The van der Waals surface area contributed by atoms with Crippen LogP contribution in [0.25, 0.3) is 6.08 Å². The number of aryl methyl sites for hydroxylation is 2. The van der Waals surface area contributed by atoms with E-state index >= 15 is 0 Å². The molecule has 158 valence electrons. The van der Waals surface area contributed by atoms with Crippen molar-refractivity contribution in [1.82, 2.24) is 4.57 Å². The molecule has 5 heteroatoms. The van der Waals surface area contributed by atoms with E-state index in [2.05, 4.69) is 18.4 Å². The van der Waals surface area contributed by atoms with E-state index in [1.165, 1.54) is 6.92 Å². The Morgan fingerprint density at radius 2 is 1.77 bits per heavy atom. The molecule has 0 aliphatic heterocycles. The summed E-state index contributed by atoms with van der Waals surface area (Å²) in [6, 6.07) is 10.9. The van der Waals surface area contributed by atoms with Crippen LogP contribution in [0.15, 0.2) is 35.9 Å². The first-order chi connectivity index (χ1) is 14.1. The van der Waals surface area contributed by atoms with Crippen molar-refractivity contribution in [2.75, 3.05) is 0 Å². The molecule has 0 amide bonds. The van der Waals surface area contributed by atoms with Crippen LogP contribution in [0.1, 0.15) is 60.1 Å². The zero-order valence-corrected chi connectivity index (χ0v) is 18.7. The van der Waals surface area contributed by atoms with Gasteiger partial charge in [-0.15, -0.1) is 0 Å². The number of carbonyl (C=O) groups excluding carboxylic acids is 2. The van der Waals surface area contributed by atoms with E-state index < -0.39 is 12.1 Å². The van der Waals surface area contributed by atoms with Gasteiger partial charge in [-0.3, -0.25) is 4.79 Å². The Labute approximate surface area is 179 Å². The first-order valence-electron chi connectivity index (χ1n) is 10.2. The monoisotopic (exact) mass is 406 g/mol. The molecule has 1 aromatic carbocycles. The average Bonchev–Trinajstić information content (AvgIpc) is 2.96. The smallest absolute Gasteiger partial charge is 0.349 e. The van der Waals surface area contributed by atoms with Crippen molar-refractivity contribution >= 4 is 17.8 Å². The molecule has 5 nitrogen and oxygen atoms in total.